The molecule has 0 aromatic heterocycles. The van der Waals surface area contributed by atoms with Crippen LogP contribution in [0.4, 0.5) is 4.39 Å². The Morgan fingerprint density at radius 1 is 1.18 bits per heavy atom. The second-order valence-corrected chi connectivity index (χ2v) is 4.98. The molecule has 0 saturated heterocycles. The van der Waals surface area contributed by atoms with Crippen LogP contribution in [0.1, 0.15) is 24.8 Å². The molecule has 1 amide bonds. The summed E-state index contributed by atoms with van der Waals surface area (Å²) in [4.78, 5) is 11.5. The van der Waals surface area contributed by atoms with E-state index in [2.05, 4.69) is 27.9 Å². The number of alkyl halides is 1. The van der Waals surface area contributed by atoms with E-state index in [1.54, 1.807) is 12.1 Å². The third-order valence-corrected chi connectivity index (χ3v) is 3.17. The molecule has 0 saturated carbocycles. The van der Waals surface area contributed by atoms with Gasteiger partial charge in [-0.1, -0.05) is 41.1 Å². The largest absolute Gasteiger partial charge is 0.356 e. The van der Waals surface area contributed by atoms with Crippen LogP contribution in [0.15, 0.2) is 24.3 Å². The van der Waals surface area contributed by atoms with Crippen molar-refractivity contribution >= 4 is 28.5 Å². The molecule has 1 rings (SSSR count). The number of carbonyl (C=O) groups excluding carboxylic acids is 1. The van der Waals surface area contributed by atoms with Crippen LogP contribution in [-0.4, -0.2) is 16.9 Å². The van der Waals surface area contributed by atoms with Gasteiger partial charge in [0.1, 0.15) is 5.82 Å². The molecule has 2 nitrogen and oxygen atoms in total. The number of benzene rings is 1. The van der Waals surface area contributed by atoms with Crippen molar-refractivity contribution in [2.24, 2.45) is 0 Å². The molecule has 0 atom stereocenters. The molecule has 0 aliphatic heterocycles. The molecule has 94 valence electrons. The first kappa shape index (κ1) is 14.4. The topological polar surface area (TPSA) is 29.1 Å². The summed E-state index contributed by atoms with van der Waals surface area (Å²) < 4.78 is 13.8. The molecule has 0 spiro atoms. The first-order valence-corrected chi connectivity index (χ1v) is 7.32. The average molecular weight is 349 g/mol. The molecule has 1 aromatic carbocycles. The predicted molar refractivity (Wildman–Crippen MR) is 75.9 cm³/mol. The lowest BCUT2D eigenvalue weighted by molar-refractivity contribution is -0.120. The van der Waals surface area contributed by atoms with Gasteiger partial charge >= 0.3 is 0 Å². The smallest absolute Gasteiger partial charge is 0.224 e. The van der Waals surface area contributed by atoms with Crippen LogP contribution >= 0.6 is 22.6 Å². The summed E-state index contributed by atoms with van der Waals surface area (Å²) in [5, 5.41) is 2.87. The highest BCUT2D eigenvalue weighted by molar-refractivity contribution is 14.1. The van der Waals surface area contributed by atoms with Gasteiger partial charge in [-0.25, -0.2) is 4.39 Å². The molecule has 17 heavy (non-hydrogen) atoms. The Morgan fingerprint density at radius 2 is 1.88 bits per heavy atom. The van der Waals surface area contributed by atoms with Gasteiger partial charge in [-0.2, -0.15) is 0 Å². The average Bonchev–Trinajstić information content (AvgIpc) is 2.32. The fraction of sp³-hybridized carbons (Fsp3) is 0.462. The maximum atomic E-state index is 12.6. The fourth-order valence-electron chi connectivity index (χ4n) is 1.47. The molecule has 4 heteroatoms. The van der Waals surface area contributed by atoms with Crippen molar-refractivity contribution in [1.29, 1.82) is 0 Å². The van der Waals surface area contributed by atoms with Crippen LogP contribution in [0.25, 0.3) is 0 Å². The maximum Gasteiger partial charge on any atom is 0.224 e. The molecule has 0 aliphatic carbocycles. The van der Waals surface area contributed by atoms with Crippen molar-refractivity contribution in [2.75, 3.05) is 11.0 Å². The summed E-state index contributed by atoms with van der Waals surface area (Å²) >= 11 is 2.35. The van der Waals surface area contributed by atoms with Gasteiger partial charge in [0.25, 0.3) is 0 Å². The van der Waals surface area contributed by atoms with Gasteiger partial charge in [0.2, 0.25) is 5.91 Å². The van der Waals surface area contributed by atoms with Crippen LogP contribution in [0.3, 0.4) is 0 Å². The van der Waals surface area contributed by atoms with E-state index in [9.17, 15) is 9.18 Å². The lowest BCUT2D eigenvalue weighted by Gasteiger charge is -2.04. The minimum Gasteiger partial charge on any atom is -0.356 e. The minimum absolute atomic E-state index is 0.00563. The van der Waals surface area contributed by atoms with E-state index in [1.807, 2.05) is 0 Å². The van der Waals surface area contributed by atoms with Crippen LogP contribution < -0.4 is 5.32 Å². The van der Waals surface area contributed by atoms with Crippen LogP contribution in [0, 0.1) is 5.82 Å². The lowest BCUT2D eigenvalue weighted by Crippen LogP contribution is -2.26. The molecule has 0 heterocycles. The lowest BCUT2D eigenvalue weighted by atomic mass is 10.1. The van der Waals surface area contributed by atoms with Gasteiger partial charge in [-0.05, 0) is 35.0 Å². The molecular formula is C13H17FINO. The van der Waals surface area contributed by atoms with Crippen LogP contribution in [-0.2, 0) is 11.2 Å². The molecule has 0 fully saturated rings. The summed E-state index contributed by atoms with van der Waals surface area (Å²) in [6.07, 6.45) is 3.71. The number of unbranched alkanes of at least 4 members (excludes halogenated alkanes) is 2. The monoisotopic (exact) mass is 349 g/mol. The Morgan fingerprint density at radius 3 is 2.53 bits per heavy atom. The van der Waals surface area contributed by atoms with Gasteiger partial charge < -0.3 is 5.32 Å². The molecule has 0 aliphatic rings. The zero-order valence-corrected chi connectivity index (χ0v) is 11.9. The van der Waals surface area contributed by atoms with Crippen molar-refractivity contribution in [3.8, 4) is 0 Å². The summed E-state index contributed by atoms with van der Waals surface area (Å²) in [6, 6.07) is 6.04. The molecule has 0 bridgehead atoms. The highest BCUT2D eigenvalue weighted by atomic mass is 127. The Hall–Kier alpha value is -0.650. The van der Waals surface area contributed by atoms with Gasteiger partial charge in [-0.15, -0.1) is 0 Å². The number of hydrogen-bond donors (Lipinski definition) is 1. The van der Waals surface area contributed by atoms with Crippen LogP contribution in [0.2, 0.25) is 0 Å². The number of rotatable bonds is 7. The molecule has 0 unspecified atom stereocenters. The van der Waals surface area contributed by atoms with Crippen molar-refractivity contribution < 1.29 is 9.18 Å². The predicted octanol–water partition coefficient (Wildman–Crippen LogP) is 3.09. The Labute approximate surface area is 115 Å². The van der Waals surface area contributed by atoms with Crippen molar-refractivity contribution in [2.45, 2.75) is 25.7 Å². The number of amides is 1. The summed E-state index contributed by atoms with van der Waals surface area (Å²) in [5.41, 5.74) is 0.844. The third kappa shape index (κ3) is 6.61. The van der Waals surface area contributed by atoms with Gasteiger partial charge in [0, 0.05) is 6.54 Å². The van der Waals surface area contributed by atoms with E-state index < -0.39 is 0 Å². The van der Waals surface area contributed by atoms with E-state index in [-0.39, 0.29) is 11.7 Å². The van der Waals surface area contributed by atoms with Gasteiger partial charge in [0.05, 0.1) is 6.42 Å². The highest BCUT2D eigenvalue weighted by Gasteiger charge is 2.02. The number of halogens is 2. The fourth-order valence-corrected chi connectivity index (χ4v) is 2.01. The second kappa shape index (κ2) is 8.44. The SMILES string of the molecule is O=C(Cc1ccc(F)cc1)NCCCCCI. The highest BCUT2D eigenvalue weighted by Crippen LogP contribution is 2.03. The van der Waals surface area contributed by atoms with E-state index in [4.69, 9.17) is 0 Å². The Balaban J connectivity index is 2.18. The first-order chi connectivity index (χ1) is 8.22. The van der Waals surface area contributed by atoms with Gasteiger partial charge in [-0.3, -0.25) is 4.79 Å². The second-order valence-electron chi connectivity index (χ2n) is 3.90. The van der Waals surface area contributed by atoms with Crippen LogP contribution in [0.5, 0.6) is 0 Å². The zero-order chi connectivity index (χ0) is 12.5. The normalized spacial score (nSPS) is 10.2. The molecular weight excluding hydrogens is 332 g/mol. The van der Waals surface area contributed by atoms with E-state index in [0.717, 1.165) is 24.9 Å². The summed E-state index contributed by atoms with van der Waals surface area (Å²) in [5.74, 6) is -0.265. The number of nitrogens with one attached hydrogen (secondary N) is 1. The van der Waals surface area contributed by atoms with E-state index in [0.29, 0.717) is 6.42 Å². The molecule has 0 radical (unpaired) electrons. The zero-order valence-electron chi connectivity index (χ0n) is 9.72. The van der Waals surface area contributed by atoms with Crippen molar-refractivity contribution in [3.05, 3.63) is 35.6 Å². The van der Waals surface area contributed by atoms with E-state index >= 15 is 0 Å². The number of carbonyl (C=O) groups is 1. The Bertz CT molecular complexity index is 340. The standard InChI is InChI=1S/C13H17FINO/c14-12-6-4-11(5-7-12)10-13(17)16-9-3-1-2-8-15/h4-7H,1-3,8-10H2,(H,16,17). The molecule has 1 aromatic rings. The quantitative estimate of drug-likeness (QED) is 0.458. The van der Waals surface area contributed by atoms with Gasteiger partial charge in [0.15, 0.2) is 0 Å². The van der Waals surface area contributed by atoms with Crippen molar-refractivity contribution in [1.82, 2.24) is 5.32 Å². The Kier molecular flexibility index (Phi) is 7.16. The minimum atomic E-state index is -0.270. The molecule has 1 N–H and O–H groups in total. The van der Waals surface area contributed by atoms with E-state index in [1.165, 1.54) is 23.0 Å². The summed E-state index contributed by atoms with van der Waals surface area (Å²) in [6.45, 7) is 0.733. The first-order valence-electron chi connectivity index (χ1n) is 5.79. The third-order valence-electron chi connectivity index (χ3n) is 2.41. The number of hydrogen-bond acceptors (Lipinski definition) is 1. The summed E-state index contributed by atoms with van der Waals surface area (Å²) in [7, 11) is 0. The maximum absolute atomic E-state index is 12.6. The van der Waals surface area contributed by atoms with Crippen molar-refractivity contribution in [3.63, 3.8) is 0 Å².